The lowest BCUT2D eigenvalue weighted by Crippen LogP contribution is -2.11. The fraction of sp³-hybridized carbons (Fsp3) is 0. The van der Waals surface area contributed by atoms with E-state index in [4.69, 9.17) is 0 Å². The van der Waals surface area contributed by atoms with Crippen molar-refractivity contribution in [3.8, 4) is 39.1 Å². The van der Waals surface area contributed by atoms with Gasteiger partial charge in [-0.1, -0.05) is 188 Å². The molecule has 0 radical (unpaired) electrons. The Morgan fingerprint density at radius 3 is 1.70 bits per heavy atom. The topological polar surface area (TPSA) is 8.17 Å². The van der Waals surface area contributed by atoms with Gasteiger partial charge >= 0.3 is 0 Å². The van der Waals surface area contributed by atoms with E-state index in [2.05, 4.69) is 264 Å². The fourth-order valence-electron chi connectivity index (χ4n) is 10.9. The van der Waals surface area contributed by atoms with E-state index in [0.717, 1.165) is 39.4 Å². The van der Waals surface area contributed by atoms with Crippen LogP contribution in [-0.4, -0.2) is 4.57 Å². The number of rotatable bonds is 7. The molecule has 14 rings (SSSR count). The molecule has 69 heavy (non-hydrogen) atoms. The molecule has 0 atom stereocenters. The molecule has 0 N–H and O–H groups in total. The van der Waals surface area contributed by atoms with Gasteiger partial charge in [0.2, 0.25) is 0 Å². The second-order valence-electron chi connectivity index (χ2n) is 18.0. The Bertz CT molecular complexity index is 4260. The average molecular weight is 895 g/mol. The van der Waals surface area contributed by atoms with Gasteiger partial charge < -0.3 is 9.47 Å². The third-order valence-electron chi connectivity index (χ3n) is 14.1. The lowest BCUT2D eigenvalue weighted by Gasteiger charge is -2.29. The van der Waals surface area contributed by atoms with Crippen molar-refractivity contribution in [3.63, 3.8) is 0 Å². The highest BCUT2D eigenvalue weighted by Crippen LogP contribution is 2.47. The molecular weight excluding hydrogens is 853 g/mol. The highest BCUT2D eigenvalue weighted by Gasteiger charge is 2.21. The number of nitrogens with zero attached hydrogens (tertiary/aromatic N) is 2. The predicted octanol–water partition coefficient (Wildman–Crippen LogP) is 19.1. The summed E-state index contributed by atoms with van der Waals surface area (Å²) in [5, 5.41) is 12.7. The van der Waals surface area contributed by atoms with Crippen LogP contribution in [0.1, 0.15) is 0 Å². The molecule has 14 aromatic rings. The maximum atomic E-state index is 2.46. The van der Waals surface area contributed by atoms with E-state index in [1.54, 1.807) is 0 Å². The van der Waals surface area contributed by atoms with Crippen molar-refractivity contribution in [3.05, 3.63) is 255 Å². The first-order valence-electron chi connectivity index (χ1n) is 23.7. The Kier molecular flexibility index (Phi) is 9.11. The minimum atomic E-state index is 1.09. The largest absolute Gasteiger partial charge is 0.310 e. The molecule has 0 saturated carbocycles. The molecule has 322 valence electrons. The van der Waals surface area contributed by atoms with Crippen molar-refractivity contribution in [2.45, 2.75) is 0 Å². The quantitative estimate of drug-likeness (QED) is 0.145. The fourth-order valence-corrected chi connectivity index (χ4v) is 12.2. The number of benzene rings is 12. The molecule has 3 heteroatoms. The summed E-state index contributed by atoms with van der Waals surface area (Å²) in [7, 11) is 0. The molecule has 0 fully saturated rings. The Morgan fingerprint density at radius 2 is 0.913 bits per heavy atom. The molecule has 0 aliphatic heterocycles. The molecule has 2 aromatic heterocycles. The van der Waals surface area contributed by atoms with Crippen LogP contribution in [0.2, 0.25) is 0 Å². The smallest absolute Gasteiger partial charge is 0.0541 e. The van der Waals surface area contributed by atoms with E-state index in [1.807, 2.05) is 11.3 Å². The van der Waals surface area contributed by atoms with Gasteiger partial charge in [0.05, 0.1) is 16.7 Å². The van der Waals surface area contributed by atoms with Crippen LogP contribution >= 0.6 is 11.3 Å². The van der Waals surface area contributed by atoms with Gasteiger partial charge in [-0.05, 0) is 127 Å². The van der Waals surface area contributed by atoms with E-state index in [-0.39, 0.29) is 0 Å². The van der Waals surface area contributed by atoms with Crippen LogP contribution in [0.15, 0.2) is 255 Å². The van der Waals surface area contributed by atoms with E-state index >= 15 is 0 Å². The molecule has 0 aliphatic rings. The summed E-state index contributed by atoms with van der Waals surface area (Å²) < 4.78 is 4.99. The van der Waals surface area contributed by atoms with E-state index in [1.165, 1.54) is 91.0 Å². The van der Waals surface area contributed by atoms with Crippen LogP contribution in [0.3, 0.4) is 0 Å². The minimum absolute atomic E-state index is 1.09. The normalized spacial score (nSPS) is 11.8. The van der Waals surface area contributed by atoms with Gasteiger partial charge in [-0.3, -0.25) is 0 Å². The molecule has 0 amide bonds. The highest BCUT2D eigenvalue weighted by atomic mass is 32.1. The highest BCUT2D eigenvalue weighted by molar-refractivity contribution is 7.26. The molecule has 0 saturated heterocycles. The SMILES string of the molecule is c1ccc(-c2cc(-c3cc4ccccc4c4ccccc34)ccc2N(c2ccc(-c3cccc(-n4c5ccccc5c5ccccc54)c3)cc2)c2ccc3c(c2)sc2c4ccccc4ccc32)cc1. The predicted molar refractivity (Wildman–Crippen MR) is 297 cm³/mol. The summed E-state index contributed by atoms with van der Waals surface area (Å²) in [5.41, 5.74) is 13.9. The zero-order chi connectivity index (χ0) is 45.4. The number of anilines is 3. The van der Waals surface area contributed by atoms with Crippen molar-refractivity contribution in [1.82, 2.24) is 4.57 Å². The van der Waals surface area contributed by atoms with Crippen molar-refractivity contribution >= 4 is 103 Å². The number of hydrogen-bond donors (Lipinski definition) is 0. The first-order valence-corrected chi connectivity index (χ1v) is 24.5. The number of aromatic nitrogens is 1. The summed E-state index contributed by atoms with van der Waals surface area (Å²) >= 11 is 1.89. The second kappa shape index (κ2) is 16.0. The van der Waals surface area contributed by atoms with Crippen molar-refractivity contribution in [2.24, 2.45) is 0 Å². The van der Waals surface area contributed by atoms with Gasteiger partial charge in [0.25, 0.3) is 0 Å². The van der Waals surface area contributed by atoms with Crippen molar-refractivity contribution in [2.75, 3.05) is 4.90 Å². The molecule has 0 aliphatic carbocycles. The first-order chi connectivity index (χ1) is 34.2. The van der Waals surface area contributed by atoms with Crippen molar-refractivity contribution < 1.29 is 0 Å². The van der Waals surface area contributed by atoms with Gasteiger partial charge in [-0.2, -0.15) is 0 Å². The molecule has 0 spiro atoms. The van der Waals surface area contributed by atoms with Gasteiger partial charge in [-0.25, -0.2) is 0 Å². The molecular formula is C66H42N2S. The van der Waals surface area contributed by atoms with Crippen LogP contribution in [0.4, 0.5) is 17.1 Å². The van der Waals surface area contributed by atoms with E-state index < -0.39 is 0 Å². The molecule has 0 unspecified atom stereocenters. The summed E-state index contributed by atoms with van der Waals surface area (Å²) in [6.45, 7) is 0. The maximum absolute atomic E-state index is 2.46. The van der Waals surface area contributed by atoms with Gasteiger partial charge in [0, 0.05) is 53.6 Å². The van der Waals surface area contributed by atoms with E-state index in [9.17, 15) is 0 Å². The Morgan fingerprint density at radius 1 is 0.304 bits per heavy atom. The van der Waals surface area contributed by atoms with Gasteiger partial charge in [-0.15, -0.1) is 11.3 Å². The van der Waals surface area contributed by atoms with Crippen molar-refractivity contribution in [1.29, 1.82) is 0 Å². The average Bonchev–Trinajstić information content (AvgIpc) is 3.97. The number of thiophene rings is 1. The standard InChI is InChI=1S/C66H42N2S/c1-2-15-44(16-3-1)61-41-48(60-40-47-18-5-6-21-52(47)54-23-8-9-24-55(54)60)32-38-64(61)67(51-35-37-58-59-36-31-45-17-4-7-22-53(45)66(59)69-65(58)42-51)49-33-29-43(30-34-49)46-19-14-20-50(39-46)68-62-27-12-10-25-56(62)57-26-11-13-28-63(57)68/h1-42H. The number of fused-ring (bicyclic) bond motifs is 11. The van der Waals surface area contributed by atoms with Crippen LogP contribution in [0, 0.1) is 0 Å². The van der Waals surface area contributed by atoms with Gasteiger partial charge in [0.1, 0.15) is 0 Å². The molecule has 0 bridgehead atoms. The van der Waals surface area contributed by atoms with Crippen LogP contribution in [0.5, 0.6) is 0 Å². The monoisotopic (exact) mass is 894 g/mol. The number of para-hydroxylation sites is 2. The van der Waals surface area contributed by atoms with Crippen LogP contribution in [0.25, 0.3) is 113 Å². The Hall–Kier alpha value is -8.76. The lowest BCUT2D eigenvalue weighted by molar-refractivity contribution is 1.18. The summed E-state index contributed by atoms with van der Waals surface area (Å²) in [4.78, 5) is 2.46. The minimum Gasteiger partial charge on any atom is -0.310 e. The van der Waals surface area contributed by atoms with Crippen LogP contribution in [-0.2, 0) is 0 Å². The first kappa shape index (κ1) is 39.4. The summed E-state index contributed by atoms with van der Waals surface area (Å²) in [6.07, 6.45) is 0. The summed E-state index contributed by atoms with van der Waals surface area (Å²) in [6, 6.07) is 93.8. The molecule has 2 nitrogen and oxygen atoms in total. The number of hydrogen-bond acceptors (Lipinski definition) is 2. The van der Waals surface area contributed by atoms with Gasteiger partial charge in [0.15, 0.2) is 0 Å². The zero-order valence-electron chi connectivity index (χ0n) is 37.6. The third-order valence-corrected chi connectivity index (χ3v) is 15.4. The maximum Gasteiger partial charge on any atom is 0.0541 e. The van der Waals surface area contributed by atoms with E-state index in [0.29, 0.717) is 0 Å². The third kappa shape index (κ3) is 6.47. The molecule has 2 heterocycles. The Labute approximate surface area is 403 Å². The summed E-state index contributed by atoms with van der Waals surface area (Å²) in [5.74, 6) is 0. The van der Waals surface area contributed by atoms with Crippen LogP contribution < -0.4 is 4.90 Å². The molecule has 12 aromatic carbocycles. The zero-order valence-corrected chi connectivity index (χ0v) is 38.4. The lowest BCUT2D eigenvalue weighted by atomic mass is 9.91. The Balaban J connectivity index is 0.950. The second-order valence-corrected chi connectivity index (χ2v) is 19.1.